The largest absolute Gasteiger partial charge is 0.496 e. The Hall–Kier alpha value is -4.67. The highest BCUT2D eigenvalue weighted by Crippen LogP contribution is 2.43. The Morgan fingerprint density at radius 1 is 1.02 bits per heavy atom. The number of para-hydroxylation sites is 1. The van der Waals surface area contributed by atoms with E-state index in [2.05, 4.69) is 15.6 Å². The Morgan fingerprint density at radius 3 is 2.61 bits per heavy atom. The normalized spacial score (nSPS) is 22.8. The summed E-state index contributed by atoms with van der Waals surface area (Å²) in [7, 11) is 1.57. The minimum absolute atomic E-state index is 0.0338. The number of hydrogen-bond donors (Lipinski definition) is 3. The van der Waals surface area contributed by atoms with Crippen molar-refractivity contribution in [3.63, 3.8) is 0 Å². The third-order valence-electron chi connectivity index (χ3n) is 9.70. The molecule has 2 aliphatic carbocycles. The number of H-pyrrole nitrogens is 1. The van der Waals surface area contributed by atoms with Crippen LogP contribution in [0.4, 0.5) is 0 Å². The zero-order chi connectivity index (χ0) is 32.2. The van der Waals surface area contributed by atoms with E-state index in [4.69, 9.17) is 9.47 Å². The summed E-state index contributed by atoms with van der Waals surface area (Å²) in [4.78, 5) is 71.9. The number of Topliss-reactive ketones (excluding diaryl/α,β-unsaturated/α-hetero) is 2. The summed E-state index contributed by atoms with van der Waals surface area (Å²) in [5, 5.41) is 6.20. The van der Waals surface area contributed by atoms with Crippen molar-refractivity contribution in [2.24, 2.45) is 17.8 Å². The number of fused-ring (bicyclic) bond motifs is 2. The smallest absolute Gasteiger partial charge is 0.289 e. The van der Waals surface area contributed by atoms with Crippen LogP contribution in [0.2, 0.25) is 0 Å². The quantitative estimate of drug-likeness (QED) is 0.206. The fraction of sp³-hybridized carbons (Fsp3) is 0.457. The first kappa shape index (κ1) is 31.3. The lowest BCUT2D eigenvalue weighted by Crippen LogP contribution is -2.55. The zero-order valence-corrected chi connectivity index (χ0v) is 26.0. The first-order chi connectivity index (χ1) is 22.3. The molecule has 1 aromatic heterocycles. The van der Waals surface area contributed by atoms with Crippen molar-refractivity contribution in [1.29, 1.82) is 0 Å². The van der Waals surface area contributed by atoms with Gasteiger partial charge in [-0.3, -0.25) is 24.0 Å². The molecule has 242 valence electrons. The molecule has 1 aliphatic heterocycles. The third-order valence-corrected chi connectivity index (χ3v) is 9.70. The maximum Gasteiger partial charge on any atom is 0.289 e. The first-order valence-corrected chi connectivity index (χ1v) is 16.1. The van der Waals surface area contributed by atoms with E-state index in [-0.39, 0.29) is 43.1 Å². The van der Waals surface area contributed by atoms with Gasteiger partial charge in [0.2, 0.25) is 11.7 Å². The molecule has 2 saturated carbocycles. The Kier molecular flexibility index (Phi) is 9.37. The third kappa shape index (κ3) is 6.49. The van der Waals surface area contributed by atoms with Crippen molar-refractivity contribution in [2.45, 2.75) is 57.0 Å². The summed E-state index contributed by atoms with van der Waals surface area (Å²) in [6, 6.07) is 14.4. The van der Waals surface area contributed by atoms with Gasteiger partial charge in [-0.25, -0.2) is 0 Å². The lowest BCUT2D eigenvalue weighted by molar-refractivity contribution is -0.141. The summed E-state index contributed by atoms with van der Waals surface area (Å²) in [5.74, 6) is -1.44. The molecule has 11 nitrogen and oxygen atoms in total. The van der Waals surface area contributed by atoms with Crippen LogP contribution < -0.4 is 20.1 Å². The van der Waals surface area contributed by atoms with Crippen molar-refractivity contribution >= 4 is 40.2 Å². The molecule has 5 atom stereocenters. The number of hydrogen-bond acceptors (Lipinski definition) is 7. The summed E-state index contributed by atoms with van der Waals surface area (Å²) in [5.41, 5.74) is 1.09. The fourth-order valence-corrected chi connectivity index (χ4v) is 7.43. The van der Waals surface area contributed by atoms with E-state index in [9.17, 15) is 24.0 Å². The van der Waals surface area contributed by atoms with Gasteiger partial charge in [-0.05, 0) is 74.3 Å². The molecule has 3 aromatic rings. The Labute approximate surface area is 267 Å². The molecule has 2 aromatic carbocycles. The highest BCUT2D eigenvalue weighted by atomic mass is 16.5. The van der Waals surface area contributed by atoms with E-state index in [1.807, 2.05) is 36.4 Å². The second kappa shape index (κ2) is 13.8. The summed E-state index contributed by atoms with van der Waals surface area (Å²) < 4.78 is 11.1. The number of carbonyl (C=O) groups excluding carboxylic acids is 5. The monoisotopic (exact) mass is 628 g/mol. The van der Waals surface area contributed by atoms with E-state index >= 15 is 0 Å². The number of ketones is 2. The minimum atomic E-state index is -1.19. The van der Waals surface area contributed by atoms with Gasteiger partial charge in [0.05, 0.1) is 19.7 Å². The summed E-state index contributed by atoms with van der Waals surface area (Å²) in [6.45, 7) is 0.672. The van der Waals surface area contributed by atoms with Crippen molar-refractivity contribution in [3.8, 4) is 11.5 Å². The SMILES string of the molecule is COc1cccc2[nH]c(C(=O)N3CC4CCCC4C3C(=O)NC(CC3CCCC3=O)C(=O)C(=O)NCCOc3ccccc3)cc12. The van der Waals surface area contributed by atoms with Crippen LogP contribution >= 0.6 is 0 Å². The number of nitrogens with one attached hydrogen (secondary N) is 3. The number of amides is 3. The standard InChI is InChI=1S/C35H40N4O7/c1-45-30-15-7-13-26-25(30)19-28(37-26)35(44)39-20-22-9-5-12-24(22)31(39)33(42)38-27(18-21-8-6-14-29(21)40)32(41)34(43)36-16-17-46-23-10-3-2-4-11-23/h2-4,7,10-11,13,15,19,21-22,24,27,31,37H,5-6,8-9,12,14,16-18,20H2,1H3,(H,36,43)(H,38,42). The number of ether oxygens (including phenoxy) is 2. The molecule has 3 amide bonds. The van der Waals surface area contributed by atoms with Crippen LogP contribution in [-0.4, -0.2) is 78.1 Å². The molecule has 3 N–H and O–H groups in total. The number of aromatic amines is 1. The van der Waals surface area contributed by atoms with Crippen molar-refractivity contribution < 1.29 is 33.4 Å². The summed E-state index contributed by atoms with van der Waals surface area (Å²) in [6.07, 6.45) is 4.44. The first-order valence-electron chi connectivity index (χ1n) is 16.1. The number of methoxy groups -OCH3 is 1. The van der Waals surface area contributed by atoms with Gasteiger partial charge in [0.15, 0.2) is 0 Å². The molecule has 2 heterocycles. The van der Waals surface area contributed by atoms with Gasteiger partial charge in [0, 0.05) is 29.8 Å². The zero-order valence-electron chi connectivity index (χ0n) is 26.0. The molecule has 0 bridgehead atoms. The average molecular weight is 629 g/mol. The number of carbonyl (C=O) groups is 5. The van der Waals surface area contributed by atoms with E-state index in [0.717, 1.165) is 30.2 Å². The van der Waals surface area contributed by atoms with E-state index in [0.29, 0.717) is 43.0 Å². The molecule has 1 saturated heterocycles. The molecular weight excluding hydrogens is 588 g/mol. The Bertz CT molecular complexity index is 1620. The van der Waals surface area contributed by atoms with Crippen molar-refractivity contribution in [2.75, 3.05) is 26.8 Å². The van der Waals surface area contributed by atoms with Gasteiger partial charge in [0.25, 0.3) is 11.8 Å². The van der Waals surface area contributed by atoms with Gasteiger partial charge in [-0.1, -0.05) is 30.7 Å². The Morgan fingerprint density at radius 2 is 1.85 bits per heavy atom. The second-order valence-electron chi connectivity index (χ2n) is 12.5. The van der Waals surface area contributed by atoms with Crippen LogP contribution in [0.5, 0.6) is 11.5 Å². The van der Waals surface area contributed by atoms with Crippen molar-refractivity contribution in [3.05, 3.63) is 60.3 Å². The highest BCUT2D eigenvalue weighted by Gasteiger charge is 2.50. The molecule has 3 aliphatic rings. The molecule has 6 rings (SSSR count). The molecule has 11 heteroatoms. The lowest BCUT2D eigenvalue weighted by atomic mass is 9.91. The van der Waals surface area contributed by atoms with E-state index in [1.165, 1.54) is 0 Å². The predicted octanol–water partition coefficient (Wildman–Crippen LogP) is 3.43. The van der Waals surface area contributed by atoms with Crippen LogP contribution in [0.3, 0.4) is 0 Å². The van der Waals surface area contributed by atoms with Crippen LogP contribution in [-0.2, 0) is 19.2 Å². The minimum Gasteiger partial charge on any atom is -0.496 e. The highest BCUT2D eigenvalue weighted by molar-refractivity contribution is 6.38. The fourth-order valence-electron chi connectivity index (χ4n) is 7.43. The number of benzene rings is 2. The van der Waals surface area contributed by atoms with Gasteiger partial charge in [-0.15, -0.1) is 0 Å². The van der Waals surface area contributed by atoms with Crippen LogP contribution in [0, 0.1) is 17.8 Å². The van der Waals surface area contributed by atoms with E-state index in [1.54, 1.807) is 30.2 Å². The van der Waals surface area contributed by atoms with Gasteiger partial charge >= 0.3 is 0 Å². The van der Waals surface area contributed by atoms with Gasteiger partial charge < -0.3 is 30.0 Å². The second-order valence-corrected chi connectivity index (χ2v) is 12.5. The summed E-state index contributed by atoms with van der Waals surface area (Å²) >= 11 is 0. The topological polar surface area (TPSA) is 147 Å². The van der Waals surface area contributed by atoms with Gasteiger partial charge in [-0.2, -0.15) is 0 Å². The maximum atomic E-state index is 14.1. The van der Waals surface area contributed by atoms with Gasteiger partial charge in [0.1, 0.15) is 35.6 Å². The lowest BCUT2D eigenvalue weighted by Gasteiger charge is -2.29. The molecule has 0 spiro atoms. The average Bonchev–Trinajstić information content (AvgIpc) is 3.86. The van der Waals surface area contributed by atoms with Crippen LogP contribution in [0.1, 0.15) is 55.4 Å². The maximum absolute atomic E-state index is 14.1. The number of likely N-dealkylation sites (tertiary alicyclic amines) is 1. The van der Waals surface area contributed by atoms with E-state index < -0.39 is 35.6 Å². The van der Waals surface area contributed by atoms with Crippen molar-refractivity contribution in [1.82, 2.24) is 20.5 Å². The predicted molar refractivity (Wildman–Crippen MR) is 169 cm³/mol. The number of nitrogens with zero attached hydrogens (tertiary/aromatic N) is 1. The molecule has 0 radical (unpaired) electrons. The molecule has 3 fully saturated rings. The Balaban J connectivity index is 1.18. The van der Waals surface area contributed by atoms with Crippen LogP contribution in [0.15, 0.2) is 54.6 Å². The molecule has 46 heavy (non-hydrogen) atoms. The number of aromatic nitrogens is 1. The number of rotatable bonds is 12. The molecular formula is C35H40N4O7. The van der Waals surface area contributed by atoms with Crippen LogP contribution in [0.25, 0.3) is 10.9 Å². The molecule has 5 unspecified atom stereocenters.